The fraction of sp³-hybridized carbons (Fsp3) is 0.290. The number of pyridine rings is 1. The van der Waals surface area contributed by atoms with Crippen LogP contribution in [0.2, 0.25) is 0 Å². The summed E-state index contributed by atoms with van der Waals surface area (Å²) in [6, 6.07) is 20.6. The number of hydrogen-bond acceptors (Lipinski definition) is 6. The number of nitrogens with zero attached hydrogens (tertiary/aromatic N) is 4. The van der Waals surface area contributed by atoms with E-state index in [1.165, 1.54) is 7.11 Å². The molecule has 1 amide bonds. The van der Waals surface area contributed by atoms with Crippen LogP contribution in [0.1, 0.15) is 37.4 Å². The van der Waals surface area contributed by atoms with Crippen molar-refractivity contribution in [3.8, 4) is 22.5 Å². The maximum atomic E-state index is 11.7. The number of nitrogens with two attached hydrogens (primary N) is 1. The Hall–Kier alpha value is -4.30. The SMILES string of the molecule is COCC(=O)NCC1CCC(c2ncc3c(N)nc(-c4ccc5ccc(-c6ccccc6)nc5c4)cn23)CC1. The van der Waals surface area contributed by atoms with Crippen molar-refractivity contribution >= 4 is 28.1 Å². The van der Waals surface area contributed by atoms with Gasteiger partial charge in [-0.2, -0.15) is 0 Å². The zero-order valence-electron chi connectivity index (χ0n) is 22.0. The number of rotatable bonds is 7. The molecule has 3 heterocycles. The molecule has 1 aliphatic carbocycles. The van der Waals surface area contributed by atoms with Crippen molar-refractivity contribution in [2.45, 2.75) is 31.6 Å². The van der Waals surface area contributed by atoms with Crippen LogP contribution in [-0.2, 0) is 9.53 Å². The predicted molar refractivity (Wildman–Crippen MR) is 153 cm³/mol. The van der Waals surface area contributed by atoms with Crippen LogP contribution in [0, 0.1) is 5.92 Å². The smallest absolute Gasteiger partial charge is 0.245 e. The summed E-state index contributed by atoms with van der Waals surface area (Å²) in [5.74, 6) is 2.23. The van der Waals surface area contributed by atoms with Gasteiger partial charge in [-0.15, -0.1) is 0 Å². The molecule has 0 radical (unpaired) electrons. The number of fused-ring (bicyclic) bond motifs is 2. The van der Waals surface area contributed by atoms with Gasteiger partial charge in [0.25, 0.3) is 0 Å². The van der Waals surface area contributed by atoms with Crippen LogP contribution < -0.4 is 11.1 Å². The molecule has 198 valence electrons. The van der Waals surface area contributed by atoms with Crippen molar-refractivity contribution in [1.82, 2.24) is 24.7 Å². The third-order valence-corrected chi connectivity index (χ3v) is 7.71. The second kappa shape index (κ2) is 10.8. The summed E-state index contributed by atoms with van der Waals surface area (Å²) >= 11 is 0. The number of carbonyl (C=O) groups is 1. The maximum Gasteiger partial charge on any atom is 0.245 e. The molecule has 0 aliphatic heterocycles. The van der Waals surface area contributed by atoms with Crippen molar-refractivity contribution in [2.75, 3.05) is 26.0 Å². The van der Waals surface area contributed by atoms with Gasteiger partial charge in [-0.3, -0.25) is 9.20 Å². The van der Waals surface area contributed by atoms with E-state index >= 15 is 0 Å². The lowest BCUT2D eigenvalue weighted by Gasteiger charge is -2.28. The van der Waals surface area contributed by atoms with Gasteiger partial charge >= 0.3 is 0 Å². The van der Waals surface area contributed by atoms with Gasteiger partial charge in [-0.25, -0.2) is 15.0 Å². The second-order valence-corrected chi connectivity index (χ2v) is 10.3. The molecule has 0 saturated heterocycles. The fourth-order valence-corrected chi connectivity index (χ4v) is 5.59. The van der Waals surface area contributed by atoms with Gasteiger partial charge in [0.05, 0.1) is 23.1 Å². The van der Waals surface area contributed by atoms with Crippen LogP contribution in [0.4, 0.5) is 5.82 Å². The van der Waals surface area contributed by atoms with E-state index in [1.54, 1.807) is 0 Å². The van der Waals surface area contributed by atoms with Gasteiger partial charge in [-0.05, 0) is 43.7 Å². The largest absolute Gasteiger partial charge is 0.382 e. The molecule has 1 saturated carbocycles. The summed E-state index contributed by atoms with van der Waals surface area (Å²) in [6.45, 7) is 0.801. The highest BCUT2D eigenvalue weighted by Crippen LogP contribution is 2.36. The number of imidazole rings is 1. The lowest BCUT2D eigenvalue weighted by atomic mass is 9.81. The summed E-state index contributed by atoms with van der Waals surface area (Å²) in [5, 5.41) is 4.05. The molecule has 0 atom stereocenters. The molecule has 3 aromatic heterocycles. The molecular formula is C31H32N6O2. The zero-order chi connectivity index (χ0) is 26.8. The van der Waals surface area contributed by atoms with Crippen molar-refractivity contribution < 1.29 is 9.53 Å². The molecule has 2 aromatic carbocycles. The van der Waals surface area contributed by atoms with E-state index in [4.69, 9.17) is 25.4 Å². The Morgan fingerprint density at radius 1 is 1.00 bits per heavy atom. The summed E-state index contributed by atoms with van der Waals surface area (Å²) in [7, 11) is 1.53. The Bertz CT molecular complexity index is 1620. The highest BCUT2D eigenvalue weighted by molar-refractivity contribution is 5.86. The van der Waals surface area contributed by atoms with Gasteiger partial charge < -0.3 is 15.8 Å². The van der Waals surface area contributed by atoms with Crippen LogP contribution in [-0.4, -0.2) is 45.5 Å². The monoisotopic (exact) mass is 520 g/mol. The highest BCUT2D eigenvalue weighted by Gasteiger charge is 2.26. The number of nitrogens with one attached hydrogen (secondary N) is 1. The number of aromatic nitrogens is 4. The molecule has 5 aromatic rings. The summed E-state index contributed by atoms with van der Waals surface area (Å²) in [6.07, 6.45) is 7.99. The first-order valence-corrected chi connectivity index (χ1v) is 13.4. The molecule has 8 heteroatoms. The van der Waals surface area contributed by atoms with E-state index in [9.17, 15) is 4.79 Å². The van der Waals surface area contributed by atoms with Gasteiger partial charge in [0.2, 0.25) is 5.91 Å². The van der Waals surface area contributed by atoms with Crippen LogP contribution in [0.15, 0.2) is 73.1 Å². The van der Waals surface area contributed by atoms with Gasteiger partial charge in [0.1, 0.15) is 23.8 Å². The number of nitrogen functional groups attached to an aromatic ring is 1. The Labute approximate surface area is 227 Å². The molecule has 0 unspecified atom stereocenters. The van der Waals surface area contributed by atoms with Gasteiger partial charge in [-0.1, -0.05) is 48.5 Å². The molecule has 1 fully saturated rings. The zero-order valence-corrected chi connectivity index (χ0v) is 22.0. The van der Waals surface area contributed by atoms with E-state index < -0.39 is 0 Å². The molecular weight excluding hydrogens is 488 g/mol. The van der Waals surface area contributed by atoms with Crippen LogP contribution >= 0.6 is 0 Å². The Kier molecular flexibility index (Phi) is 6.94. The average Bonchev–Trinajstić information content (AvgIpc) is 3.41. The molecule has 0 spiro atoms. The van der Waals surface area contributed by atoms with Gasteiger partial charge in [0, 0.05) is 42.3 Å². The van der Waals surface area contributed by atoms with Crippen molar-refractivity contribution in [3.05, 3.63) is 78.9 Å². The van der Waals surface area contributed by atoms with Crippen molar-refractivity contribution in [1.29, 1.82) is 0 Å². The topological polar surface area (TPSA) is 107 Å². The number of carbonyl (C=O) groups excluding carboxylic acids is 1. The minimum absolute atomic E-state index is 0.0606. The Balaban J connectivity index is 1.26. The van der Waals surface area contributed by atoms with Crippen LogP contribution in [0.25, 0.3) is 38.9 Å². The third kappa shape index (κ3) is 5.20. The quantitative estimate of drug-likeness (QED) is 0.304. The van der Waals surface area contributed by atoms with Gasteiger partial charge in [0.15, 0.2) is 0 Å². The van der Waals surface area contributed by atoms with Crippen molar-refractivity contribution in [3.63, 3.8) is 0 Å². The first-order valence-electron chi connectivity index (χ1n) is 13.4. The van der Waals surface area contributed by atoms with Crippen LogP contribution in [0.3, 0.4) is 0 Å². The maximum absolute atomic E-state index is 11.7. The number of anilines is 1. The number of hydrogen-bond donors (Lipinski definition) is 2. The Morgan fingerprint density at radius 3 is 2.59 bits per heavy atom. The van der Waals surface area contributed by atoms with E-state index in [0.29, 0.717) is 24.2 Å². The lowest BCUT2D eigenvalue weighted by molar-refractivity contribution is -0.124. The average molecular weight is 521 g/mol. The van der Waals surface area contributed by atoms with Crippen LogP contribution in [0.5, 0.6) is 0 Å². The molecule has 3 N–H and O–H groups in total. The summed E-state index contributed by atoms with van der Waals surface area (Å²) < 4.78 is 7.02. The second-order valence-electron chi connectivity index (χ2n) is 10.3. The normalized spacial score (nSPS) is 17.5. The molecule has 1 aliphatic rings. The standard InChI is InChI=1S/C31H32N6O2/c1-39-19-29(38)33-16-20-7-9-23(10-8-20)31-34-17-28-30(32)36-27(18-37(28)31)24-12-11-22-13-14-25(35-26(22)15-24)21-5-3-2-4-6-21/h2-6,11-15,17-18,20,23H,7-10,16,19H2,1H3,(H2,32,36)(H,33,38). The van der Waals surface area contributed by atoms with E-state index in [0.717, 1.165) is 70.4 Å². The number of amides is 1. The predicted octanol–water partition coefficient (Wildman–Crippen LogP) is 5.23. The van der Waals surface area contributed by atoms with Crippen molar-refractivity contribution in [2.24, 2.45) is 5.92 Å². The number of methoxy groups -OCH3 is 1. The summed E-state index contributed by atoms with van der Waals surface area (Å²) in [5.41, 5.74) is 11.9. The van der Waals surface area contributed by atoms with E-state index in [2.05, 4.69) is 52.2 Å². The lowest BCUT2D eigenvalue weighted by Crippen LogP contribution is -2.33. The third-order valence-electron chi connectivity index (χ3n) is 7.71. The number of benzene rings is 2. The summed E-state index contributed by atoms with van der Waals surface area (Å²) in [4.78, 5) is 26.2. The minimum Gasteiger partial charge on any atom is -0.382 e. The molecule has 6 rings (SSSR count). The fourth-order valence-electron chi connectivity index (χ4n) is 5.59. The minimum atomic E-state index is -0.0606. The van der Waals surface area contributed by atoms with E-state index in [-0.39, 0.29) is 12.5 Å². The molecule has 8 nitrogen and oxygen atoms in total. The number of ether oxygens (including phenoxy) is 1. The Morgan fingerprint density at radius 2 is 1.79 bits per heavy atom. The first-order chi connectivity index (χ1) is 19.1. The molecule has 39 heavy (non-hydrogen) atoms. The molecule has 0 bridgehead atoms. The van der Waals surface area contributed by atoms with E-state index in [1.807, 2.05) is 30.6 Å². The first kappa shape index (κ1) is 25.0. The highest BCUT2D eigenvalue weighted by atomic mass is 16.5.